The number of hydrogen-bond acceptors (Lipinski definition) is 1. The first-order chi connectivity index (χ1) is 6.79. The smallest absolute Gasteiger partial charge is 0.113 e. The highest BCUT2D eigenvalue weighted by Crippen LogP contribution is 2.13. The first kappa shape index (κ1) is 10.9. The molecule has 1 aromatic carbocycles. The van der Waals surface area contributed by atoms with Crippen LogP contribution in [0.2, 0.25) is 0 Å². The molecular formula is C12H15NS. The Kier molecular flexibility index (Phi) is 3.84. The fourth-order valence-corrected chi connectivity index (χ4v) is 1.53. The molecule has 0 saturated carbocycles. The Morgan fingerprint density at radius 3 is 2.43 bits per heavy atom. The van der Waals surface area contributed by atoms with Gasteiger partial charge in [0.05, 0.1) is 0 Å². The van der Waals surface area contributed by atoms with Crippen LogP contribution in [0.1, 0.15) is 13.8 Å². The highest BCUT2D eigenvalue weighted by atomic mass is 32.1. The molecule has 0 fully saturated rings. The van der Waals surface area contributed by atoms with Gasteiger partial charge in [-0.3, -0.25) is 0 Å². The van der Waals surface area contributed by atoms with Crippen molar-refractivity contribution in [1.29, 1.82) is 0 Å². The predicted octanol–water partition coefficient (Wildman–Crippen LogP) is 3.93. The molecular weight excluding hydrogens is 190 g/mol. The van der Waals surface area contributed by atoms with Crippen molar-refractivity contribution < 1.29 is 0 Å². The van der Waals surface area contributed by atoms with Crippen LogP contribution in [0.5, 0.6) is 0 Å². The van der Waals surface area contributed by atoms with E-state index in [0.29, 0.717) is 0 Å². The summed E-state index contributed by atoms with van der Waals surface area (Å²) in [6.07, 6.45) is 1.99. The third-order valence-electron chi connectivity index (χ3n) is 1.99. The van der Waals surface area contributed by atoms with Gasteiger partial charge in [0.25, 0.3) is 0 Å². The van der Waals surface area contributed by atoms with Gasteiger partial charge in [0.2, 0.25) is 0 Å². The number of pyridine rings is 1. The van der Waals surface area contributed by atoms with E-state index in [9.17, 15) is 0 Å². The molecule has 0 amide bonds. The number of fused-ring (bicyclic) bond motifs is 1. The molecule has 74 valence electrons. The maximum absolute atomic E-state index is 5.26. The minimum Gasteiger partial charge on any atom is -0.342 e. The molecule has 0 aliphatic rings. The molecule has 2 heteroatoms. The van der Waals surface area contributed by atoms with Gasteiger partial charge in [-0.25, -0.2) is 0 Å². The van der Waals surface area contributed by atoms with Crippen LogP contribution in [0, 0.1) is 4.64 Å². The molecule has 0 saturated heterocycles. The second kappa shape index (κ2) is 4.91. The van der Waals surface area contributed by atoms with Crippen LogP contribution in [-0.4, -0.2) is 4.57 Å². The third-order valence-corrected chi connectivity index (χ3v) is 2.50. The Labute approximate surface area is 90.0 Å². The Hall–Kier alpha value is -1.15. The van der Waals surface area contributed by atoms with Gasteiger partial charge < -0.3 is 4.57 Å². The van der Waals surface area contributed by atoms with Crippen molar-refractivity contribution in [3.63, 3.8) is 0 Å². The standard InChI is InChI=1S/C10H9NS.C2H6/c1-11-7-6-8-4-2-3-5-9(8)10(11)12;1-2/h2-7H,1H3;1-2H3. The molecule has 1 heterocycles. The maximum Gasteiger partial charge on any atom is 0.113 e. The minimum absolute atomic E-state index is 0.896. The van der Waals surface area contributed by atoms with E-state index >= 15 is 0 Å². The largest absolute Gasteiger partial charge is 0.342 e. The molecule has 0 radical (unpaired) electrons. The second-order valence-corrected chi connectivity index (χ2v) is 3.21. The Bertz CT molecular complexity index is 471. The number of nitrogens with zero attached hydrogens (tertiary/aromatic N) is 1. The maximum atomic E-state index is 5.26. The lowest BCUT2D eigenvalue weighted by Crippen LogP contribution is -1.90. The summed E-state index contributed by atoms with van der Waals surface area (Å²) in [7, 11) is 1.97. The van der Waals surface area contributed by atoms with Gasteiger partial charge in [-0.15, -0.1) is 0 Å². The topological polar surface area (TPSA) is 4.93 Å². The first-order valence-electron chi connectivity index (χ1n) is 4.83. The van der Waals surface area contributed by atoms with Crippen LogP contribution in [0.25, 0.3) is 10.8 Å². The molecule has 2 rings (SSSR count). The van der Waals surface area contributed by atoms with E-state index in [4.69, 9.17) is 12.2 Å². The van der Waals surface area contributed by atoms with Crippen molar-refractivity contribution in [1.82, 2.24) is 4.57 Å². The van der Waals surface area contributed by atoms with Crippen molar-refractivity contribution in [3.05, 3.63) is 41.2 Å². The molecule has 1 aromatic heterocycles. The van der Waals surface area contributed by atoms with E-state index in [1.165, 1.54) is 5.39 Å². The second-order valence-electron chi connectivity index (χ2n) is 2.82. The summed E-state index contributed by atoms with van der Waals surface area (Å²) < 4.78 is 2.85. The van der Waals surface area contributed by atoms with E-state index in [1.54, 1.807) is 0 Å². The Morgan fingerprint density at radius 2 is 1.71 bits per heavy atom. The zero-order chi connectivity index (χ0) is 10.6. The predicted molar refractivity (Wildman–Crippen MR) is 65.1 cm³/mol. The zero-order valence-electron chi connectivity index (χ0n) is 8.82. The summed E-state index contributed by atoms with van der Waals surface area (Å²) in [5, 5.41) is 2.36. The van der Waals surface area contributed by atoms with Crippen LogP contribution in [0.4, 0.5) is 0 Å². The summed E-state index contributed by atoms with van der Waals surface area (Å²) in [6, 6.07) is 10.2. The van der Waals surface area contributed by atoms with Crippen molar-refractivity contribution in [2.75, 3.05) is 0 Å². The summed E-state index contributed by atoms with van der Waals surface area (Å²) in [5.74, 6) is 0. The number of rotatable bonds is 0. The fraction of sp³-hybridized carbons (Fsp3) is 0.250. The normalized spacial score (nSPS) is 9.36. The van der Waals surface area contributed by atoms with Crippen LogP contribution < -0.4 is 0 Å². The zero-order valence-corrected chi connectivity index (χ0v) is 9.64. The van der Waals surface area contributed by atoms with Gasteiger partial charge in [-0.2, -0.15) is 0 Å². The van der Waals surface area contributed by atoms with Gasteiger partial charge in [0.1, 0.15) is 4.64 Å². The average molecular weight is 205 g/mol. The molecule has 1 nitrogen and oxygen atoms in total. The lowest BCUT2D eigenvalue weighted by molar-refractivity contribution is 0.899. The molecule has 0 atom stereocenters. The number of hydrogen-bond donors (Lipinski definition) is 0. The van der Waals surface area contributed by atoms with Gasteiger partial charge in [-0.05, 0) is 11.5 Å². The van der Waals surface area contributed by atoms with Crippen LogP contribution >= 0.6 is 12.2 Å². The van der Waals surface area contributed by atoms with Crippen LogP contribution in [-0.2, 0) is 7.05 Å². The highest BCUT2D eigenvalue weighted by Gasteiger charge is 1.93. The van der Waals surface area contributed by atoms with Gasteiger partial charge in [0, 0.05) is 18.6 Å². The molecule has 0 bridgehead atoms. The van der Waals surface area contributed by atoms with E-state index in [-0.39, 0.29) is 0 Å². The number of aromatic nitrogens is 1. The van der Waals surface area contributed by atoms with E-state index < -0.39 is 0 Å². The van der Waals surface area contributed by atoms with Crippen LogP contribution in [0.3, 0.4) is 0 Å². The summed E-state index contributed by atoms with van der Waals surface area (Å²) in [5.41, 5.74) is 0. The number of aryl methyl sites for hydroxylation is 1. The molecule has 0 unspecified atom stereocenters. The first-order valence-corrected chi connectivity index (χ1v) is 5.24. The molecule has 0 aliphatic carbocycles. The van der Waals surface area contributed by atoms with E-state index in [1.807, 2.05) is 43.8 Å². The van der Waals surface area contributed by atoms with Crippen molar-refractivity contribution in [2.24, 2.45) is 7.05 Å². The molecule has 0 N–H and O–H groups in total. The Morgan fingerprint density at radius 1 is 1.07 bits per heavy atom. The third kappa shape index (κ3) is 2.02. The lowest BCUT2D eigenvalue weighted by Gasteiger charge is -2.01. The van der Waals surface area contributed by atoms with Gasteiger partial charge in [0.15, 0.2) is 0 Å². The quantitative estimate of drug-likeness (QED) is 0.590. The molecule has 0 aliphatic heterocycles. The average Bonchev–Trinajstić information content (AvgIpc) is 2.27. The van der Waals surface area contributed by atoms with Gasteiger partial charge >= 0.3 is 0 Å². The summed E-state index contributed by atoms with van der Waals surface area (Å²) in [6.45, 7) is 4.00. The van der Waals surface area contributed by atoms with Crippen molar-refractivity contribution in [2.45, 2.75) is 13.8 Å². The van der Waals surface area contributed by atoms with Crippen molar-refractivity contribution in [3.8, 4) is 0 Å². The van der Waals surface area contributed by atoms with E-state index in [2.05, 4.69) is 18.2 Å². The monoisotopic (exact) mass is 205 g/mol. The minimum atomic E-state index is 0.896. The SMILES string of the molecule is CC.Cn1ccc2ccccc2c1=S. The molecule has 2 aromatic rings. The van der Waals surface area contributed by atoms with Crippen molar-refractivity contribution >= 4 is 23.0 Å². The highest BCUT2D eigenvalue weighted by molar-refractivity contribution is 7.71. The fourth-order valence-electron chi connectivity index (χ4n) is 1.29. The van der Waals surface area contributed by atoms with Crippen LogP contribution in [0.15, 0.2) is 36.5 Å². The summed E-state index contributed by atoms with van der Waals surface area (Å²) >= 11 is 5.26. The lowest BCUT2D eigenvalue weighted by atomic mass is 10.2. The Balaban J connectivity index is 0.000000461. The van der Waals surface area contributed by atoms with Gasteiger partial charge in [-0.1, -0.05) is 50.3 Å². The van der Waals surface area contributed by atoms with E-state index in [0.717, 1.165) is 10.0 Å². The summed E-state index contributed by atoms with van der Waals surface area (Å²) in [4.78, 5) is 0. The molecule has 14 heavy (non-hydrogen) atoms. The molecule has 0 spiro atoms. The number of benzene rings is 1.